The van der Waals surface area contributed by atoms with Gasteiger partial charge >= 0.3 is 0 Å². The monoisotopic (exact) mass is 370 g/mol. The van der Waals surface area contributed by atoms with Gasteiger partial charge in [-0.05, 0) is 69.2 Å². The zero-order valence-electron chi connectivity index (χ0n) is 16.1. The van der Waals surface area contributed by atoms with Crippen molar-refractivity contribution in [1.29, 1.82) is 0 Å². The van der Waals surface area contributed by atoms with E-state index in [-0.39, 0.29) is 11.8 Å². The highest BCUT2D eigenvalue weighted by atomic mass is 16.5. The number of nitrogens with one attached hydrogen (secondary N) is 1. The highest BCUT2D eigenvalue weighted by Crippen LogP contribution is 2.68. The fourth-order valence-corrected chi connectivity index (χ4v) is 7.15. The zero-order chi connectivity index (χ0) is 18.4. The first-order valence-electron chi connectivity index (χ1n) is 10.8. The molecule has 0 radical (unpaired) electrons. The van der Waals surface area contributed by atoms with E-state index in [0.717, 1.165) is 63.2 Å². The molecule has 4 atom stereocenters. The molecule has 6 rings (SSSR count). The molecule has 3 N–H and O–H groups in total. The number of likely N-dealkylation sites (tertiary alicyclic amines) is 1. The molecule has 3 aliphatic carbocycles. The highest BCUT2D eigenvalue weighted by molar-refractivity contribution is 5.63. The lowest BCUT2D eigenvalue weighted by Gasteiger charge is -2.66. The number of benzene rings is 1. The van der Waals surface area contributed by atoms with Gasteiger partial charge in [0, 0.05) is 24.6 Å². The smallest absolute Gasteiger partial charge is 0.173 e. The van der Waals surface area contributed by atoms with E-state index in [9.17, 15) is 10.2 Å². The van der Waals surface area contributed by atoms with E-state index in [1.807, 2.05) is 0 Å². The molecule has 3 fully saturated rings. The fraction of sp³-hybridized carbons (Fsp3) is 0.727. The number of aromatic hydroxyl groups is 1. The molecule has 2 heterocycles. The van der Waals surface area contributed by atoms with Crippen molar-refractivity contribution in [3.05, 3.63) is 23.3 Å². The lowest BCUT2D eigenvalue weighted by molar-refractivity contribution is -0.224. The SMILES string of the molecule is CCNC12CCC[C@@]3(O)[C@H]4Cc5ccc(O)c(c5[C@@]13CCN4CC1CC1)O2. The topological polar surface area (TPSA) is 65.0 Å². The molecule has 0 aromatic heterocycles. The van der Waals surface area contributed by atoms with E-state index in [1.54, 1.807) is 6.07 Å². The first kappa shape index (κ1) is 16.6. The van der Waals surface area contributed by atoms with Gasteiger partial charge in [0.1, 0.15) is 0 Å². The Balaban J connectivity index is 1.58. The lowest BCUT2D eigenvalue weighted by Crippen LogP contribution is -2.81. The molecular weight excluding hydrogens is 340 g/mol. The largest absolute Gasteiger partial charge is 0.504 e. The second-order valence-corrected chi connectivity index (χ2v) is 9.50. The number of phenolic OH excluding ortho intramolecular Hbond substituents is 1. The average Bonchev–Trinajstić information content (AvgIpc) is 3.39. The first-order valence-corrected chi connectivity index (χ1v) is 10.8. The van der Waals surface area contributed by atoms with Crippen LogP contribution in [0.25, 0.3) is 0 Å². The summed E-state index contributed by atoms with van der Waals surface area (Å²) in [5, 5.41) is 26.6. The molecule has 1 aromatic carbocycles. The minimum absolute atomic E-state index is 0.150. The second-order valence-electron chi connectivity index (χ2n) is 9.50. The summed E-state index contributed by atoms with van der Waals surface area (Å²) in [6.45, 7) is 5.03. The van der Waals surface area contributed by atoms with E-state index >= 15 is 0 Å². The van der Waals surface area contributed by atoms with Crippen molar-refractivity contribution in [1.82, 2.24) is 10.2 Å². The van der Waals surface area contributed by atoms with Crippen molar-refractivity contribution in [2.24, 2.45) is 5.92 Å². The van der Waals surface area contributed by atoms with Gasteiger partial charge in [-0.25, -0.2) is 0 Å². The molecule has 146 valence electrons. The van der Waals surface area contributed by atoms with Crippen LogP contribution in [0.2, 0.25) is 0 Å². The summed E-state index contributed by atoms with van der Waals surface area (Å²) in [4.78, 5) is 2.58. The summed E-state index contributed by atoms with van der Waals surface area (Å²) in [6.07, 6.45) is 7.08. The maximum atomic E-state index is 12.4. The van der Waals surface area contributed by atoms with Crippen LogP contribution >= 0.6 is 0 Å². The van der Waals surface area contributed by atoms with Crippen LogP contribution in [0.3, 0.4) is 0 Å². The Bertz CT molecular complexity index is 805. The van der Waals surface area contributed by atoms with E-state index in [4.69, 9.17) is 4.74 Å². The molecular formula is C22H30N2O3. The summed E-state index contributed by atoms with van der Waals surface area (Å²) < 4.78 is 6.59. The molecule has 0 amide bonds. The van der Waals surface area contributed by atoms with E-state index in [0.29, 0.717) is 5.75 Å². The Labute approximate surface area is 160 Å². The Hall–Kier alpha value is -1.30. The van der Waals surface area contributed by atoms with Crippen LogP contribution < -0.4 is 10.1 Å². The molecule has 1 saturated heterocycles. The number of rotatable bonds is 4. The van der Waals surface area contributed by atoms with Crippen molar-refractivity contribution in [3.8, 4) is 11.5 Å². The Morgan fingerprint density at radius 2 is 2.11 bits per heavy atom. The van der Waals surface area contributed by atoms with Crippen molar-refractivity contribution in [3.63, 3.8) is 0 Å². The van der Waals surface area contributed by atoms with Crippen LogP contribution in [0.5, 0.6) is 11.5 Å². The van der Waals surface area contributed by atoms with Gasteiger partial charge in [-0.2, -0.15) is 0 Å². The van der Waals surface area contributed by atoms with Gasteiger partial charge in [0.05, 0.1) is 11.0 Å². The highest BCUT2D eigenvalue weighted by Gasteiger charge is 2.76. The van der Waals surface area contributed by atoms with Gasteiger partial charge in [-0.15, -0.1) is 0 Å². The van der Waals surface area contributed by atoms with Gasteiger partial charge in [0.25, 0.3) is 0 Å². The summed E-state index contributed by atoms with van der Waals surface area (Å²) in [6, 6.07) is 4.01. The molecule has 1 spiro atoms. The summed E-state index contributed by atoms with van der Waals surface area (Å²) in [5.41, 5.74) is 0.509. The molecule has 1 unspecified atom stereocenters. The van der Waals surface area contributed by atoms with Crippen LogP contribution in [0.4, 0.5) is 0 Å². The number of likely N-dealkylation sites (N-methyl/N-ethyl adjacent to an activating group) is 1. The van der Waals surface area contributed by atoms with Gasteiger partial charge in [0.2, 0.25) is 0 Å². The molecule has 2 aliphatic heterocycles. The molecule has 1 aromatic rings. The Morgan fingerprint density at radius 1 is 1.26 bits per heavy atom. The maximum absolute atomic E-state index is 12.4. The zero-order valence-corrected chi connectivity index (χ0v) is 16.1. The molecule has 5 heteroatoms. The normalized spacial score (nSPS) is 41.9. The predicted molar refractivity (Wildman–Crippen MR) is 102 cm³/mol. The number of phenols is 1. The number of aliphatic hydroxyl groups is 1. The van der Waals surface area contributed by atoms with Crippen LogP contribution in [0.15, 0.2) is 12.1 Å². The molecule has 2 bridgehead atoms. The Morgan fingerprint density at radius 3 is 2.89 bits per heavy atom. The van der Waals surface area contributed by atoms with Crippen molar-refractivity contribution in [2.75, 3.05) is 19.6 Å². The number of nitrogens with zero attached hydrogens (tertiary/aromatic N) is 1. The lowest BCUT2D eigenvalue weighted by atomic mass is 9.47. The number of hydrogen-bond acceptors (Lipinski definition) is 5. The Kier molecular flexibility index (Phi) is 3.20. The molecule has 27 heavy (non-hydrogen) atoms. The van der Waals surface area contributed by atoms with Gasteiger partial charge < -0.3 is 14.9 Å². The van der Waals surface area contributed by atoms with Crippen molar-refractivity contribution < 1.29 is 14.9 Å². The fourth-order valence-electron chi connectivity index (χ4n) is 7.15. The number of ether oxygens (including phenoxy) is 1. The third-order valence-electron chi connectivity index (χ3n) is 8.27. The second kappa shape index (κ2) is 5.19. The quantitative estimate of drug-likeness (QED) is 0.759. The molecule has 5 nitrogen and oxygen atoms in total. The first-order chi connectivity index (χ1) is 13.0. The summed E-state index contributed by atoms with van der Waals surface area (Å²) >= 11 is 0. The number of piperidine rings is 1. The van der Waals surface area contributed by atoms with Crippen LogP contribution in [-0.4, -0.2) is 52.1 Å². The van der Waals surface area contributed by atoms with Crippen LogP contribution in [0, 0.1) is 5.92 Å². The van der Waals surface area contributed by atoms with Gasteiger partial charge in [0.15, 0.2) is 17.2 Å². The van der Waals surface area contributed by atoms with Crippen molar-refractivity contribution >= 4 is 0 Å². The van der Waals surface area contributed by atoms with E-state index in [1.165, 1.54) is 18.4 Å². The van der Waals surface area contributed by atoms with Gasteiger partial charge in [-0.1, -0.05) is 13.0 Å². The third-order valence-corrected chi connectivity index (χ3v) is 8.27. The van der Waals surface area contributed by atoms with Crippen LogP contribution in [-0.2, 0) is 11.8 Å². The summed E-state index contributed by atoms with van der Waals surface area (Å²) in [7, 11) is 0. The number of hydrogen-bond donors (Lipinski definition) is 3. The van der Waals surface area contributed by atoms with E-state index in [2.05, 4.69) is 23.2 Å². The minimum Gasteiger partial charge on any atom is -0.504 e. The van der Waals surface area contributed by atoms with E-state index < -0.39 is 16.7 Å². The standard InChI is InChI=1S/C22H30N2O3/c1-2-23-22-9-3-8-21(26)17-12-15-6-7-16(25)19(27-22)18(15)20(21,22)10-11-24(17)13-14-4-5-14/h6-7,14,17,23,25-26H,2-5,8-13H2,1H3/t17-,20-,21-,22?/m1/s1. The predicted octanol–water partition coefficient (Wildman–Crippen LogP) is 2.28. The molecule has 2 saturated carbocycles. The molecule has 5 aliphatic rings. The van der Waals surface area contributed by atoms with Crippen molar-refractivity contribution in [2.45, 2.75) is 74.7 Å². The summed E-state index contributed by atoms with van der Waals surface area (Å²) in [5.74, 6) is 1.67. The maximum Gasteiger partial charge on any atom is 0.173 e. The third kappa shape index (κ3) is 1.82. The van der Waals surface area contributed by atoms with Gasteiger partial charge in [-0.3, -0.25) is 10.2 Å². The minimum atomic E-state index is -0.799. The average molecular weight is 370 g/mol. The van der Waals surface area contributed by atoms with Crippen LogP contribution in [0.1, 0.15) is 56.6 Å².